The number of hydrogen-bond acceptors (Lipinski definition) is 6. The maximum absolute atomic E-state index is 13.4. The fourth-order valence-corrected chi connectivity index (χ4v) is 3.90. The summed E-state index contributed by atoms with van der Waals surface area (Å²) in [6.45, 7) is 3.73. The zero-order chi connectivity index (χ0) is 22.4. The molecule has 0 spiro atoms. The van der Waals surface area contributed by atoms with Crippen LogP contribution in [0.5, 0.6) is 5.75 Å². The van der Waals surface area contributed by atoms with Gasteiger partial charge in [-0.05, 0) is 49.7 Å². The molecule has 0 saturated heterocycles. The summed E-state index contributed by atoms with van der Waals surface area (Å²) in [5, 5.41) is 11.0. The first-order valence-electron chi connectivity index (χ1n) is 10.2. The van der Waals surface area contributed by atoms with Crippen molar-refractivity contribution >= 4 is 28.5 Å². The molecule has 2 N–H and O–H groups in total. The van der Waals surface area contributed by atoms with E-state index in [-0.39, 0.29) is 24.5 Å². The van der Waals surface area contributed by atoms with Crippen LogP contribution < -0.4 is 15.4 Å². The largest absolute Gasteiger partial charge is 0.482 e. The fraction of sp³-hybridized carbons (Fsp3) is 0.217. The van der Waals surface area contributed by atoms with Gasteiger partial charge in [0.15, 0.2) is 18.0 Å². The first-order chi connectivity index (χ1) is 15.4. The van der Waals surface area contributed by atoms with E-state index in [0.29, 0.717) is 45.2 Å². The van der Waals surface area contributed by atoms with E-state index in [2.05, 4.69) is 20.7 Å². The number of fused-ring (bicyclic) bond motifs is 2. The van der Waals surface area contributed by atoms with Gasteiger partial charge in [-0.3, -0.25) is 14.3 Å². The molecule has 1 aliphatic rings. The Balaban J connectivity index is 1.50. The predicted molar refractivity (Wildman–Crippen MR) is 117 cm³/mol. The molecular formula is C23H21N5O4. The lowest BCUT2D eigenvalue weighted by Crippen LogP contribution is -2.28. The zero-order valence-corrected chi connectivity index (χ0v) is 17.8. The maximum atomic E-state index is 13.4. The second-order valence-corrected chi connectivity index (χ2v) is 7.73. The maximum Gasteiger partial charge on any atom is 0.262 e. The van der Waals surface area contributed by atoms with Crippen molar-refractivity contribution in [2.75, 3.05) is 11.9 Å². The van der Waals surface area contributed by atoms with Crippen LogP contribution in [-0.2, 0) is 11.8 Å². The van der Waals surface area contributed by atoms with Crippen molar-refractivity contribution in [2.24, 2.45) is 7.05 Å². The second kappa shape index (κ2) is 7.52. The van der Waals surface area contributed by atoms with Gasteiger partial charge in [0.25, 0.3) is 11.8 Å². The monoisotopic (exact) mass is 431 g/mol. The highest BCUT2D eigenvalue weighted by Crippen LogP contribution is 2.31. The van der Waals surface area contributed by atoms with E-state index in [1.54, 1.807) is 42.3 Å². The number of amides is 2. The van der Waals surface area contributed by atoms with Gasteiger partial charge in [0.1, 0.15) is 11.4 Å². The average molecular weight is 431 g/mol. The molecule has 0 aliphatic carbocycles. The van der Waals surface area contributed by atoms with E-state index in [4.69, 9.17) is 9.15 Å². The van der Waals surface area contributed by atoms with Crippen LogP contribution in [0.1, 0.15) is 34.6 Å². The first-order valence-corrected chi connectivity index (χ1v) is 10.2. The molecule has 2 amide bonds. The standard InChI is InChI=1S/C23H21N5O4/c1-12(14-6-7-19-16(9-14)25-20(29)11-32-19)24-23(30)15-10-17(18-5-4-8-31-18)26-22-21(15)13(2)27-28(22)3/h4-10,12H,11H2,1-3H3,(H,24,30)(H,25,29)/t12-/m1/s1. The molecule has 1 aromatic carbocycles. The van der Waals surface area contributed by atoms with Gasteiger partial charge in [-0.1, -0.05) is 6.07 Å². The van der Waals surface area contributed by atoms with Gasteiger partial charge in [0.2, 0.25) is 0 Å². The molecule has 162 valence electrons. The summed E-state index contributed by atoms with van der Waals surface area (Å²) in [4.78, 5) is 29.6. The molecular weight excluding hydrogens is 410 g/mol. The molecule has 5 rings (SSSR count). The number of carbonyl (C=O) groups excluding carboxylic acids is 2. The summed E-state index contributed by atoms with van der Waals surface area (Å²) >= 11 is 0. The van der Waals surface area contributed by atoms with Crippen LogP contribution in [0.3, 0.4) is 0 Å². The van der Waals surface area contributed by atoms with Gasteiger partial charge in [0.05, 0.1) is 34.6 Å². The Kier molecular flexibility index (Phi) is 4.66. The summed E-state index contributed by atoms with van der Waals surface area (Å²) < 4.78 is 12.6. The zero-order valence-electron chi connectivity index (χ0n) is 17.8. The number of anilines is 1. The molecule has 9 nitrogen and oxygen atoms in total. The van der Waals surface area contributed by atoms with Crippen LogP contribution in [0.4, 0.5) is 5.69 Å². The third-order valence-electron chi connectivity index (χ3n) is 5.47. The molecule has 1 atom stereocenters. The summed E-state index contributed by atoms with van der Waals surface area (Å²) in [6.07, 6.45) is 1.57. The first kappa shape index (κ1) is 19.8. The number of benzene rings is 1. The summed E-state index contributed by atoms with van der Waals surface area (Å²) in [5.74, 6) is 0.713. The van der Waals surface area contributed by atoms with E-state index in [1.807, 2.05) is 26.0 Å². The Morgan fingerprint density at radius 2 is 2.12 bits per heavy atom. The third-order valence-corrected chi connectivity index (χ3v) is 5.47. The number of pyridine rings is 1. The number of nitrogens with one attached hydrogen (secondary N) is 2. The molecule has 4 heterocycles. The van der Waals surface area contributed by atoms with Crippen molar-refractivity contribution in [1.82, 2.24) is 20.1 Å². The number of ether oxygens (including phenoxy) is 1. The molecule has 0 bridgehead atoms. The molecule has 4 aromatic rings. The number of carbonyl (C=O) groups is 2. The average Bonchev–Trinajstić information content (AvgIpc) is 3.41. The van der Waals surface area contributed by atoms with Crippen molar-refractivity contribution in [3.8, 4) is 17.2 Å². The Labute approximate surface area is 183 Å². The lowest BCUT2D eigenvalue weighted by molar-refractivity contribution is -0.118. The van der Waals surface area contributed by atoms with E-state index in [9.17, 15) is 9.59 Å². The SMILES string of the molecule is Cc1nn(C)c2nc(-c3ccco3)cc(C(=O)N[C@H](C)c3ccc4c(c3)NC(=O)CO4)c12. The van der Waals surface area contributed by atoms with Gasteiger partial charge >= 0.3 is 0 Å². The minimum Gasteiger partial charge on any atom is -0.482 e. The van der Waals surface area contributed by atoms with Crippen LogP contribution in [0, 0.1) is 6.92 Å². The highest BCUT2D eigenvalue weighted by Gasteiger charge is 2.22. The number of hydrogen-bond donors (Lipinski definition) is 2. The Hall–Kier alpha value is -4.14. The number of aryl methyl sites for hydroxylation is 2. The van der Waals surface area contributed by atoms with Gasteiger partial charge in [-0.15, -0.1) is 0 Å². The van der Waals surface area contributed by atoms with Crippen LogP contribution in [-0.4, -0.2) is 33.2 Å². The summed E-state index contributed by atoms with van der Waals surface area (Å²) in [7, 11) is 1.79. The molecule has 9 heteroatoms. The topological polar surface area (TPSA) is 111 Å². The van der Waals surface area contributed by atoms with Gasteiger partial charge < -0.3 is 19.8 Å². The quantitative estimate of drug-likeness (QED) is 0.513. The predicted octanol–water partition coefficient (Wildman–Crippen LogP) is 3.36. The van der Waals surface area contributed by atoms with Crippen molar-refractivity contribution in [3.05, 3.63) is 59.5 Å². The third kappa shape index (κ3) is 3.37. The number of rotatable bonds is 4. The lowest BCUT2D eigenvalue weighted by Gasteiger charge is -2.21. The number of furan rings is 1. The number of nitrogens with zero attached hydrogens (tertiary/aromatic N) is 3. The molecule has 3 aromatic heterocycles. The minimum atomic E-state index is -0.320. The highest BCUT2D eigenvalue weighted by molar-refractivity contribution is 6.07. The van der Waals surface area contributed by atoms with Crippen molar-refractivity contribution in [3.63, 3.8) is 0 Å². The van der Waals surface area contributed by atoms with Crippen LogP contribution in [0.2, 0.25) is 0 Å². The van der Waals surface area contributed by atoms with Crippen LogP contribution >= 0.6 is 0 Å². The van der Waals surface area contributed by atoms with E-state index in [0.717, 1.165) is 5.56 Å². The van der Waals surface area contributed by atoms with Crippen molar-refractivity contribution in [1.29, 1.82) is 0 Å². The van der Waals surface area contributed by atoms with Gasteiger partial charge in [-0.25, -0.2) is 4.98 Å². The van der Waals surface area contributed by atoms with E-state index in [1.165, 1.54) is 0 Å². The van der Waals surface area contributed by atoms with E-state index >= 15 is 0 Å². The van der Waals surface area contributed by atoms with Crippen molar-refractivity contribution < 1.29 is 18.7 Å². The van der Waals surface area contributed by atoms with Gasteiger partial charge in [0, 0.05) is 7.05 Å². The Morgan fingerprint density at radius 3 is 2.91 bits per heavy atom. The molecule has 0 fully saturated rings. The Morgan fingerprint density at radius 1 is 1.28 bits per heavy atom. The van der Waals surface area contributed by atoms with Crippen LogP contribution in [0.25, 0.3) is 22.5 Å². The second-order valence-electron chi connectivity index (χ2n) is 7.73. The summed E-state index contributed by atoms with van der Waals surface area (Å²) in [6, 6.07) is 10.4. The molecule has 0 saturated carbocycles. The lowest BCUT2D eigenvalue weighted by atomic mass is 10.0. The smallest absolute Gasteiger partial charge is 0.262 e. The molecule has 32 heavy (non-hydrogen) atoms. The summed E-state index contributed by atoms with van der Waals surface area (Å²) in [5.41, 5.74) is 3.76. The Bertz CT molecular complexity index is 1360. The molecule has 1 aliphatic heterocycles. The fourth-order valence-electron chi connectivity index (χ4n) is 3.90. The minimum absolute atomic E-state index is 0.000851. The van der Waals surface area contributed by atoms with Crippen molar-refractivity contribution in [2.45, 2.75) is 19.9 Å². The highest BCUT2D eigenvalue weighted by atomic mass is 16.5. The molecule has 0 unspecified atom stereocenters. The van der Waals surface area contributed by atoms with Crippen LogP contribution in [0.15, 0.2) is 47.1 Å². The normalized spacial score (nSPS) is 13.9. The van der Waals surface area contributed by atoms with Gasteiger partial charge in [-0.2, -0.15) is 5.10 Å². The van der Waals surface area contributed by atoms with E-state index < -0.39 is 0 Å². The molecule has 0 radical (unpaired) electrons. The number of aromatic nitrogens is 3.